The normalized spacial score (nSPS) is 50.7. The molecule has 0 aromatic rings. The van der Waals surface area contributed by atoms with Crippen LogP contribution in [0, 0.1) is 0 Å². The molecule has 1 saturated carbocycles. The molecule has 0 spiro atoms. The summed E-state index contributed by atoms with van der Waals surface area (Å²) >= 11 is 5.29. The van der Waals surface area contributed by atoms with Gasteiger partial charge in [-0.15, -0.1) is 0 Å². The predicted molar refractivity (Wildman–Crippen MR) is 70.0 cm³/mol. The predicted octanol–water partition coefficient (Wildman–Crippen LogP) is 2.62. The molecule has 0 N–H and O–H groups in total. The minimum absolute atomic E-state index is 0.243. The van der Waals surface area contributed by atoms with Gasteiger partial charge in [-0.05, 0) is 24.0 Å². The second-order valence-corrected chi connectivity index (χ2v) is 6.42. The van der Waals surface area contributed by atoms with Gasteiger partial charge in [-0.25, -0.2) is 0 Å². The van der Waals surface area contributed by atoms with Crippen LogP contribution in [0.2, 0.25) is 10.6 Å². The maximum Gasteiger partial charge on any atom is 0.259 e. The van der Waals surface area contributed by atoms with Gasteiger partial charge in [0.1, 0.15) is 13.4 Å². The molecule has 0 aromatic carbocycles. The Morgan fingerprint density at radius 2 is 2.19 bits per heavy atom. The van der Waals surface area contributed by atoms with Crippen LogP contribution in [-0.2, 0) is 4.74 Å². The minimum atomic E-state index is 0.243. The number of likely N-dealkylation sites (N-methyl/N-ethyl adjacent to an activating group) is 1. The number of nitrogens with zero attached hydrogens (tertiary/aromatic N) is 1. The van der Waals surface area contributed by atoms with E-state index < -0.39 is 0 Å². The van der Waals surface area contributed by atoms with Crippen molar-refractivity contribution in [3.63, 3.8) is 0 Å². The lowest BCUT2D eigenvalue weighted by molar-refractivity contribution is 0.130. The first-order chi connectivity index (χ1) is 7.48. The summed E-state index contributed by atoms with van der Waals surface area (Å²) in [6, 6.07) is 0.496. The van der Waals surface area contributed by atoms with Gasteiger partial charge in [0, 0.05) is 7.05 Å². The lowest BCUT2D eigenvalue weighted by Crippen LogP contribution is -2.37. The van der Waals surface area contributed by atoms with Gasteiger partial charge in [0.05, 0.1) is 6.04 Å². The highest BCUT2D eigenvalue weighted by atomic mass is 32.1. The number of hydrogen-bond acceptors (Lipinski definition) is 2. The van der Waals surface area contributed by atoms with Gasteiger partial charge in [0.25, 0.3) is 5.17 Å². The van der Waals surface area contributed by atoms with Crippen LogP contribution in [0.4, 0.5) is 0 Å². The molecule has 2 heterocycles. The lowest BCUT2D eigenvalue weighted by Gasteiger charge is -2.33. The van der Waals surface area contributed by atoms with E-state index >= 15 is 0 Å². The van der Waals surface area contributed by atoms with E-state index in [4.69, 9.17) is 17.0 Å². The fourth-order valence-electron chi connectivity index (χ4n) is 3.70. The summed E-state index contributed by atoms with van der Waals surface area (Å²) in [7, 11) is 4.57. The summed E-state index contributed by atoms with van der Waals surface area (Å²) in [5.41, 5.74) is 0. The Balaban J connectivity index is 1.92. The Hall–Kier alpha value is -0.245. The zero-order valence-electron chi connectivity index (χ0n) is 10.3. The second kappa shape index (κ2) is 3.15. The first-order valence-corrected chi connectivity index (χ1v) is 6.69. The van der Waals surface area contributed by atoms with Crippen LogP contribution in [0.1, 0.15) is 39.5 Å². The van der Waals surface area contributed by atoms with Crippen molar-refractivity contribution in [3.05, 3.63) is 0 Å². The zero-order valence-corrected chi connectivity index (χ0v) is 11.1. The van der Waals surface area contributed by atoms with Gasteiger partial charge in [-0.1, -0.05) is 38.4 Å². The largest absolute Gasteiger partial charge is 0.466 e. The molecule has 4 heteroatoms. The van der Waals surface area contributed by atoms with Crippen molar-refractivity contribution in [1.82, 2.24) is 4.90 Å². The minimum Gasteiger partial charge on any atom is -0.466 e. The average molecular weight is 236 g/mol. The first kappa shape index (κ1) is 10.9. The number of fused-ring (bicyclic) bond motifs is 3. The molecular weight excluding hydrogens is 217 g/mol. The van der Waals surface area contributed by atoms with E-state index in [2.05, 4.69) is 33.1 Å². The van der Waals surface area contributed by atoms with Crippen LogP contribution < -0.4 is 0 Å². The number of hydrogen-bond donors (Lipinski definition) is 0. The fourth-order valence-corrected chi connectivity index (χ4v) is 3.93. The van der Waals surface area contributed by atoms with Crippen LogP contribution in [0.3, 0.4) is 0 Å². The summed E-state index contributed by atoms with van der Waals surface area (Å²) < 4.78 is 5.96. The Kier molecular flexibility index (Phi) is 2.14. The third-order valence-corrected chi connectivity index (χ3v) is 5.55. The van der Waals surface area contributed by atoms with Gasteiger partial charge in [0.2, 0.25) is 0 Å². The summed E-state index contributed by atoms with van der Waals surface area (Å²) in [5.74, 6) is 0. The molecule has 1 aliphatic carbocycles. The molecule has 0 bridgehead atoms. The molecule has 0 aromatic heterocycles. The molecule has 3 fully saturated rings. The summed E-state index contributed by atoms with van der Waals surface area (Å²) in [6.45, 7) is 4.72. The van der Waals surface area contributed by atoms with Gasteiger partial charge in [-0.3, -0.25) is 0 Å². The third-order valence-electron chi connectivity index (χ3n) is 5.17. The number of ether oxygens (including phenoxy) is 1. The van der Waals surface area contributed by atoms with Gasteiger partial charge >= 0.3 is 0 Å². The zero-order chi connectivity index (χ0) is 11.6. The smallest absolute Gasteiger partial charge is 0.259 e. The Labute approximate surface area is 104 Å². The van der Waals surface area contributed by atoms with Crippen molar-refractivity contribution in [2.45, 2.75) is 62.3 Å². The van der Waals surface area contributed by atoms with Crippen LogP contribution in [0.15, 0.2) is 0 Å². The summed E-state index contributed by atoms with van der Waals surface area (Å²) in [6.07, 6.45) is 5.46. The first-order valence-electron chi connectivity index (χ1n) is 6.28. The monoisotopic (exact) mass is 236 g/mol. The molecule has 4 atom stereocenters. The Bertz CT molecular complexity index is 350. The van der Waals surface area contributed by atoms with Crippen molar-refractivity contribution in [3.8, 4) is 0 Å². The van der Waals surface area contributed by atoms with Crippen LogP contribution in [-0.4, -0.2) is 36.5 Å². The molecule has 1 radical (unpaired) electrons. The van der Waals surface area contributed by atoms with E-state index in [1.807, 2.05) is 0 Å². The Morgan fingerprint density at radius 1 is 1.44 bits per heavy atom. The molecule has 2 aliphatic heterocycles. The molecule has 87 valence electrons. The fraction of sp³-hybridized carbons (Fsp3) is 0.917. The number of rotatable bonds is 0. The summed E-state index contributed by atoms with van der Waals surface area (Å²) in [4.78, 5) is 2.17. The molecule has 2 saturated heterocycles. The van der Waals surface area contributed by atoms with Crippen LogP contribution in [0.5, 0.6) is 0 Å². The standard InChI is InChI=1S/C12H19BNOS/c1-11-7-5-4-6-8-9(12(11,2)13-11)15-10(16)14(8)3/h8-9H,4-7H2,1-3H3. The van der Waals surface area contributed by atoms with E-state index in [0.717, 1.165) is 0 Å². The van der Waals surface area contributed by atoms with Crippen molar-refractivity contribution >= 4 is 24.7 Å². The maximum absolute atomic E-state index is 5.96. The maximum atomic E-state index is 5.96. The molecule has 0 amide bonds. The average Bonchev–Trinajstić information content (AvgIpc) is 2.63. The quantitative estimate of drug-likeness (QED) is 0.474. The highest BCUT2D eigenvalue weighted by molar-refractivity contribution is 7.80. The number of thiocarbonyl (C=S) groups is 1. The van der Waals surface area contributed by atoms with E-state index in [1.54, 1.807) is 0 Å². The third kappa shape index (κ3) is 1.22. The van der Waals surface area contributed by atoms with Crippen molar-refractivity contribution in [2.75, 3.05) is 7.05 Å². The highest BCUT2D eigenvalue weighted by Gasteiger charge is 2.69. The molecule has 4 unspecified atom stereocenters. The van der Waals surface area contributed by atoms with E-state index in [-0.39, 0.29) is 11.4 Å². The van der Waals surface area contributed by atoms with Crippen molar-refractivity contribution < 1.29 is 4.74 Å². The SMILES string of the molecule is CN1C(=S)OC2C1CCCCC1(C)[B]C21C. The molecule has 3 aliphatic rings. The van der Waals surface area contributed by atoms with E-state index in [9.17, 15) is 0 Å². The lowest BCUT2D eigenvalue weighted by atomic mass is 9.79. The van der Waals surface area contributed by atoms with Crippen molar-refractivity contribution in [2.24, 2.45) is 0 Å². The van der Waals surface area contributed by atoms with E-state index in [1.165, 1.54) is 25.7 Å². The van der Waals surface area contributed by atoms with Crippen LogP contribution in [0.25, 0.3) is 0 Å². The van der Waals surface area contributed by atoms with Crippen LogP contribution >= 0.6 is 12.2 Å². The molecule has 2 nitrogen and oxygen atoms in total. The second-order valence-electron chi connectivity index (χ2n) is 6.07. The molecular formula is C12H19BNOS. The Morgan fingerprint density at radius 3 is 2.94 bits per heavy atom. The summed E-state index contributed by atoms with van der Waals surface area (Å²) in [5, 5.41) is 1.32. The van der Waals surface area contributed by atoms with Gasteiger partial charge in [0.15, 0.2) is 0 Å². The van der Waals surface area contributed by atoms with E-state index in [0.29, 0.717) is 16.5 Å². The highest BCUT2D eigenvalue weighted by Crippen LogP contribution is 2.75. The topological polar surface area (TPSA) is 12.5 Å². The van der Waals surface area contributed by atoms with Gasteiger partial charge in [-0.2, -0.15) is 0 Å². The van der Waals surface area contributed by atoms with Crippen molar-refractivity contribution in [1.29, 1.82) is 0 Å². The van der Waals surface area contributed by atoms with Gasteiger partial charge < -0.3 is 9.64 Å². The molecule has 16 heavy (non-hydrogen) atoms. The molecule has 3 rings (SSSR count).